The van der Waals surface area contributed by atoms with Crippen molar-refractivity contribution >= 4 is 12.1 Å². The highest BCUT2D eigenvalue weighted by Crippen LogP contribution is 2.44. The molecule has 3 aromatic carbocycles. The molecule has 4 rings (SSSR count). The van der Waals surface area contributed by atoms with E-state index in [0.717, 1.165) is 27.8 Å². The van der Waals surface area contributed by atoms with Crippen LogP contribution in [0.3, 0.4) is 0 Å². The monoisotopic (exact) mass is 463 g/mol. The van der Waals surface area contributed by atoms with Crippen LogP contribution in [0.4, 0.5) is 4.79 Å². The molecule has 0 aromatic heterocycles. The third kappa shape index (κ3) is 6.16. The van der Waals surface area contributed by atoms with E-state index in [1.807, 2.05) is 69.3 Å². The largest absolute Gasteiger partial charge is 0.491 e. The molecule has 0 saturated carbocycles. The van der Waals surface area contributed by atoms with Crippen molar-refractivity contribution in [1.82, 2.24) is 5.32 Å². The summed E-state index contributed by atoms with van der Waals surface area (Å²) in [5.41, 5.74) is 5.43. The second kappa shape index (κ2) is 12.4. The van der Waals surface area contributed by atoms with E-state index in [2.05, 4.69) is 17.4 Å². The molecule has 0 saturated heterocycles. The molecule has 1 atom stereocenters. The lowest BCUT2D eigenvalue weighted by Gasteiger charge is -2.18. The summed E-state index contributed by atoms with van der Waals surface area (Å²) in [6, 6.07) is 22.1. The number of carbonyl (C=O) groups excluding carboxylic acids is 1. The molecule has 6 nitrogen and oxygen atoms in total. The van der Waals surface area contributed by atoms with Crippen LogP contribution in [0.1, 0.15) is 43.9 Å². The van der Waals surface area contributed by atoms with Gasteiger partial charge in [0.05, 0.1) is 0 Å². The molecule has 0 heterocycles. The molecule has 0 spiro atoms. The zero-order valence-electron chi connectivity index (χ0n) is 19.1. The fourth-order valence-corrected chi connectivity index (χ4v) is 3.84. The Morgan fingerprint density at radius 1 is 0.941 bits per heavy atom. The Labute approximate surface area is 201 Å². The van der Waals surface area contributed by atoms with E-state index in [9.17, 15) is 14.7 Å². The van der Waals surface area contributed by atoms with Crippen LogP contribution < -0.4 is 10.1 Å². The van der Waals surface area contributed by atoms with Crippen LogP contribution in [0.15, 0.2) is 72.8 Å². The van der Waals surface area contributed by atoms with Gasteiger partial charge >= 0.3 is 12.1 Å². The molecule has 3 aromatic rings. The molecule has 0 bridgehead atoms. The van der Waals surface area contributed by atoms with Gasteiger partial charge in [0.25, 0.3) is 0 Å². The van der Waals surface area contributed by atoms with E-state index >= 15 is 0 Å². The number of carboxylic acids is 1. The lowest BCUT2D eigenvalue weighted by atomic mass is 9.98. The third-order valence-corrected chi connectivity index (χ3v) is 5.34. The minimum Gasteiger partial charge on any atom is -0.491 e. The van der Waals surface area contributed by atoms with E-state index in [1.54, 1.807) is 12.1 Å². The highest BCUT2D eigenvalue weighted by Gasteiger charge is 2.29. The summed E-state index contributed by atoms with van der Waals surface area (Å²) in [7, 11) is 0. The summed E-state index contributed by atoms with van der Waals surface area (Å²) in [6.45, 7) is 5.82. The van der Waals surface area contributed by atoms with Crippen molar-refractivity contribution < 1.29 is 24.2 Å². The maximum Gasteiger partial charge on any atom is 0.407 e. The quantitative estimate of drug-likeness (QED) is 0.447. The second-order valence-electron chi connectivity index (χ2n) is 7.49. The highest BCUT2D eigenvalue weighted by atomic mass is 16.5. The van der Waals surface area contributed by atoms with Crippen molar-refractivity contribution in [3.05, 3.63) is 89.5 Å². The first kappa shape index (κ1) is 26.5. The zero-order valence-corrected chi connectivity index (χ0v) is 19.1. The average Bonchev–Trinajstić information content (AvgIpc) is 3.15. The Kier molecular flexibility index (Phi) is 9.68. The Morgan fingerprint density at radius 2 is 1.53 bits per heavy atom. The molecule has 1 aliphatic rings. The summed E-state index contributed by atoms with van der Waals surface area (Å²) in [6.07, 6.45) is -0.790. The van der Waals surface area contributed by atoms with Gasteiger partial charge in [0.1, 0.15) is 19.0 Å². The van der Waals surface area contributed by atoms with Crippen molar-refractivity contribution in [1.29, 1.82) is 0 Å². The summed E-state index contributed by atoms with van der Waals surface area (Å²) in [4.78, 5) is 23.9. The summed E-state index contributed by atoms with van der Waals surface area (Å²) in [5.74, 6) is -0.744. The van der Waals surface area contributed by atoms with Gasteiger partial charge in [-0.05, 0) is 46.9 Å². The van der Waals surface area contributed by atoms with E-state index in [1.165, 1.54) is 0 Å². The Balaban J connectivity index is 0.00000133. The SMILES string of the molecule is C.CC.Cc1cccc(OCC(NC(=O)OCC2c3ccccc3-c3ccccc32)C(=O)O)c1. The minimum absolute atomic E-state index is 0. The predicted molar refractivity (Wildman–Crippen MR) is 134 cm³/mol. The molecule has 0 aliphatic heterocycles. The number of nitrogens with one attached hydrogen (secondary N) is 1. The fourth-order valence-electron chi connectivity index (χ4n) is 3.84. The van der Waals surface area contributed by atoms with Gasteiger partial charge in [0.2, 0.25) is 0 Å². The number of hydrogen-bond acceptors (Lipinski definition) is 4. The number of rotatable bonds is 7. The van der Waals surface area contributed by atoms with Crippen LogP contribution in [0.25, 0.3) is 11.1 Å². The van der Waals surface area contributed by atoms with Gasteiger partial charge in [-0.15, -0.1) is 0 Å². The van der Waals surface area contributed by atoms with E-state index < -0.39 is 18.1 Å². The van der Waals surface area contributed by atoms with Crippen molar-refractivity contribution in [3.63, 3.8) is 0 Å². The number of alkyl carbamates (subject to hydrolysis) is 1. The number of amides is 1. The lowest BCUT2D eigenvalue weighted by Crippen LogP contribution is -2.45. The van der Waals surface area contributed by atoms with Crippen LogP contribution >= 0.6 is 0 Å². The molecule has 2 N–H and O–H groups in total. The summed E-state index contributed by atoms with van der Waals surface area (Å²) in [5, 5.41) is 11.8. The molecular weight excluding hydrogens is 430 g/mol. The Hall–Kier alpha value is -3.80. The van der Waals surface area contributed by atoms with Gasteiger partial charge in [-0.3, -0.25) is 0 Å². The molecule has 1 amide bonds. The van der Waals surface area contributed by atoms with Gasteiger partial charge < -0.3 is 19.9 Å². The van der Waals surface area contributed by atoms with Gasteiger partial charge in [-0.25, -0.2) is 9.59 Å². The number of aryl methyl sites for hydroxylation is 1. The van der Waals surface area contributed by atoms with Crippen LogP contribution in [0.5, 0.6) is 5.75 Å². The average molecular weight is 464 g/mol. The molecule has 1 unspecified atom stereocenters. The number of carbonyl (C=O) groups is 2. The number of aliphatic carboxylic acids is 1. The van der Waals surface area contributed by atoms with Gasteiger partial charge in [-0.1, -0.05) is 81.9 Å². The van der Waals surface area contributed by atoms with Gasteiger partial charge in [0, 0.05) is 5.92 Å². The van der Waals surface area contributed by atoms with Crippen molar-refractivity contribution in [2.24, 2.45) is 0 Å². The number of benzene rings is 3. The van der Waals surface area contributed by atoms with Crippen LogP contribution in [-0.2, 0) is 9.53 Å². The molecule has 1 aliphatic carbocycles. The van der Waals surface area contributed by atoms with Crippen molar-refractivity contribution in [3.8, 4) is 16.9 Å². The van der Waals surface area contributed by atoms with Gasteiger partial charge in [-0.2, -0.15) is 0 Å². The molecule has 0 radical (unpaired) electrons. The maximum atomic E-state index is 12.4. The summed E-state index contributed by atoms with van der Waals surface area (Å²) >= 11 is 0. The number of ether oxygens (including phenoxy) is 2. The highest BCUT2D eigenvalue weighted by molar-refractivity contribution is 5.81. The topological polar surface area (TPSA) is 84.9 Å². The van der Waals surface area contributed by atoms with E-state index in [4.69, 9.17) is 9.47 Å². The maximum absolute atomic E-state index is 12.4. The first-order valence-electron chi connectivity index (χ1n) is 11.1. The second-order valence-corrected chi connectivity index (χ2v) is 7.49. The normalized spacial score (nSPS) is 12.1. The Morgan fingerprint density at radius 3 is 2.09 bits per heavy atom. The molecule has 180 valence electrons. The van der Waals surface area contributed by atoms with E-state index in [0.29, 0.717) is 5.75 Å². The summed E-state index contributed by atoms with van der Waals surface area (Å²) < 4.78 is 11.0. The minimum atomic E-state index is -1.23. The van der Waals surface area contributed by atoms with Crippen LogP contribution in [-0.4, -0.2) is 36.4 Å². The van der Waals surface area contributed by atoms with Crippen molar-refractivity contribution in [2.45, 2.75) is 40.2 Å². The predicted octanol–water partition coefficient (Wildman–Crippen LogP) is 6.03. The third-order valence-electron chi connectivity index (χ3n) is 5.34. The molecular formula is C28H33NO5. The van der Waals surface area contributed by atoms with Gasteiger partial charge in [0.15, 0.2) is 6.04 Å². The molecule has 6 heteroatoms. The lowest BCUT2D eigenvalue weighted by molar-refractivity contribution is -0.140. The standard InChI is InChI=1S/C25H23NO5.C2H6.CH4/c1-16-7-6-8-17(13-16)30-15-23(24(27)28)26-25(29)31-14-22-20-11-4-2-9-18(20)19-10-3-5-12-21(19)22;1-2;/h2-13,22-23H,14-15H2,1H3,(H,26,29)(H,27,28);1-2H3;1H4. The fraction of sp³-hybridized carbons (Fsp3) is 0.286. The van der Waals surface area contributed by atoms with Crippen molar-refractivity contribution in [2.75, 3.05) is 13.2 Å². The first-order chi connectivity index (χ1) is 16.0. The number of hydrogen-bond donors (Lipinski definition) is 2. The Bertz CT molecular complexity index is 1070. The molecule has 34 heavy (non-hydrogen) atoms. The zero-order chi connectivity index (χ0) is 23.8. The van der Waals surface area contributed by atoms with E-state index in [-0.39, 0.29) is 26.6 Å². The van der Waals surface area contributed by atoms with Crippen LogP contribution in [0, 0.1) is 6.92 Å². The number of carboxylic acid groups (broad SMARTS) is 1. The molecule has 0 fully saturated rings. The smallest absolute Gasteiger partial charge is 0.407 e. The first-order valence-corrected chi connectivity index (χ1v) is 11.1. The number of fused-ring (bicyclic) bond motifs is 3. The van der Waals surface area contributed by atoms with Crippen LogP contribution in [0.2, 0.25) is 0 Å².